The molecule has 0 spiro atoms. The molecule has 1 atom stereocenters. The molecule has 0 radical (unpaired) electrons. The van der Waals surface area contributed by atoms with Crippen LogP contribution in [0.2, 0.25) is 5.02 Å². The number of nitrogens with two attached hydrogens (primary N) is 1. The van der Waals surface area contributed by atoms with Crippen molar-refractivity contribution in [1.29, 1.82) is 0 Å². The predicted octanol–water partition coefficient (Wildman–Crippen LogP) is 1.75. The number of hydrogen-bond donors (Lipinski definition) is 2. The first-order valence-electron chi connectivity index (χ1n) is 5.49. The first-order valence-corrected chi connectivity index (χ1v) is 5.86. The van der Waals surface area contributed by atoms with Crippen molar-refractivity contribution in [2.45, 2.75) is 32.7 Å². The summed E-state index contributed by atoms with van der Waals surface area (Å²) in [4.78, 5) is 20.1. The van der Waals surface area contributed by atoms with Crippen LogP contribution >= 0.6 is 24.0 Å². The monoisotopic (exact) mass is 292 g/mol. The maximum Gasteiger partial charge on any atom is 0.271 e. The minimum atomic E-state index is -0.322. The molecule has 0 aromatic carbocycles. The van der Waals surface area contributed by atoms with Crippen molar-refractivity contribution in [1.82, 2.24) is 15.3 Å². The van der Waals surface area contributed by atoms with Gasteiger partial charge in [-0.2, -0.15) is 0 Å². The molecule has 0 aliphatic heterocycles. The van der Waals surface area contributed by atoms with Crippen LogP contribution < -0.4 is 11.1 Å². The average molecular weight is 293 g/mol. The van der Waals surface area contributed by atoms with Crippen LogP contribution in [-0.2, 0) is 0 Å². The Morgan fingerprint density at radius 2 is 2.11 bits per heavy atom. The SMILES string of the molecule is CC(C)c1ncc(Cl)c(C(=O)N[C@@H](C)CN)n1.Cl. The third-order valence-corrected chi connectivity index (χ3v) is 2.50. The van der Waals surface area contributed by atoms with Crippen LogP contribution in [0, 0.1) is 0 Å². The van der Waals surface area contributed by atoms with Crippen molar-refractivity contribution in [3.63, 3.8) is 0 Å². The lowest BCUT2D eigenvalue weighted by Crippen LogP contribution is -2.38. The number of nitrogens with zero attached hydrogens (tertiary/aromatic N) is 2. The van der Waals surface area contributed by atoms with Gasteiger partial charge >= 0.3 is 0 Å². The molecule has 0 bridgehead atoms. The maximum absolute atomic E-state index is 11.9. The van der Waals surface area contributed by atoms with Gasteiger partial charge in [0.1, 0.15) is 11.5 Å². The topological polar surface area (TPSA) is 80.9 Å². The van der Waals surface area contributed by atoms with E-state index < -0.39 is 0 Å². The van der Waals surface area contributed by atoms with Gasteiger partial charge in [-0.15, -0.1) is 12.4 Å². The van der Waals surface area contributed by atoms with E-state index in [0.29, 0.717) is 12.4 Å². The second-order valence-corrected chi connectivity index (χ2v) is 4.60. The van der Waals surface area contributed by atoms with E-state index in [1.165, 1.54) is 6.20 Å². The Hall–Kier alpha value is -0.910. The second-order valence-electron chi connectivity index (χ2n) is 4.19. The van der Waals surface area contributed by atoms with Gasteiger partial charge in [-0.1, -0.05) is 25.4 Å². The Morgan fingerprint density at radius 1 is 1.50 bits per heavy atom. The third-order valence-electron chi connectivity index (χ3n) is 2.23. The van der Waals surface area contributed by atoms with E-state index in [0.717, 1.165) is 0 Å². The molecule has 1 heterocycles. The van der Waals surface area contributed by atoms with Gasteiger partial charge in [0, 0.05) is 18.5 Å². The van der Waals surface area contributed by atoms with Crippen molar-refractivity contribution in [3.8, 4) is 0 Å². The van der Waals surface area contributed by atoms with Gasteiger partial charge in [0.25, 0.3) is 5.91 Å². The first kappa shape index (κ1) is 17.1. The first-order chi connectivity index (χ1) is 7.95. The summed E-state index contributed by atoms with van der Waals surface area (Å²) >= 11 is 5.91. The van der Waals surface area contributed by atoms with E-state index >= 15 is 0 Å². The van der Waals surface area contributed by atoms with Crippen LogP contribution in [0.25, 0.3) is 0 Å². The molecule has 0 aliphatic carbocycles. The van der Waals surface area contributed by atoms with Gasteiger partial charge in [0.05, 0.1) is 11.2 Å². The van der Waals surface area contributed by atoms with Crippen LogP contribution in [0.3, 0.4) is 0 Å². The van der Waals surface area contributed by atoms with Crippen LogP contribution in [-0.4, -0.2) is 28.5 Å². The molecule has 0 saturated carbocycles. The van der Waals surface area contributed by atoms with Crippen LogP contribution in [0.4, 0.5) is 0 Å². The molecule has 1 amide bonds. The van der Waals surface area contributed by atoms with Crippen molar-refractivity contribution in [3.05, 3.63) is 22.7 Å². The average Bonchev–Trinajstić information content (AvgIpc) is 2.28. The minimum Gasteiger partial charge on any atom is -0.347 e. The smallest absolute Gasteiger partial charge is 0.271 e. The molecule has 0 aliphatic rings. The highest BCUT2D eigenvalue weighted by Crippen LogP contribution is 2.16. The Bertz CT molecular complexity index is 412. The molecular formula is C11H18Cl2N4O. The lowest BCUT2D eigenvalue weighted by molar-refractivity contribution is 0.0936. The Kier molecular flexibility index (Phi) is 7.13. The van der Waals surface area contributed by atoms with E-state index in [1.54, 1.807) is 0 Å². The molecule has 102 valence electrons. The number of amides is 1. The van der Waals surface area contributed by atoms with Crippen molar-refractivity contribution in [2.75, 3.05) is 6.54 Å². The quantitative estimate of drug-likeness (QED) is 0.886. The summed E-state index contributed by atoms with van der Waals surface area (Å²) in [5.74, 6) is 0.419. The molecule has 18 heavy (non-hydrogen) atoms. The van der Waals surface area contributed by atoms with Crippen LogP contribution in [0.5, 0.6) is 0 Å². The summed E-state index contributed by atoms with van der Waals surface area (Å²) in [5, 5.41) is 2.96. The third kappa shape index (κ3) is 4.40. The minimum absolute atomic E-state index is 0. The van der Waals surface area contributed by atoms with E-state index in [1.807, 2.05) is 20.8 Å². The molecule has 0 saturated heterocycles. The zero-order chi connectivity index (χ0) is 13.0. The molecule has 1 aromatic heterocycles. The van der Waals surface area contributed by atoms with Crippen LogP contribution in [0.15, 0.2) is 6.20 Å². The fraction of sp³-hybridized carbons (Fsp3) is 0.545. The number of carbonyl (C=O) groups excluding carboxylic acids is 1. The molecule has 0 fully saturated rings. The second kappa shape index (κ2) is 7.51. The Balaban J connectivity index is 0.00000289. The summed E-state index contributed by atoms with van der Waals surface area (Å²) < 4.78 is 0. The fourth-order valence-corrected chi connectivity index (χ4v) is 1.35. The van der Waals surface area contributed by atoms with E-state index in [-0.39, 0.29) is 41.0 Å². The fourth-order valence-electron chi connectivity index (χ4n) is 1.17. The van der Waals surface area contributed by atoms with Crippen molar-refractivity contribution >= 4 is 29.9 Å². The zero-order valence-corrected chi connectivity index (χ0v) is 12.2. The van der Waals surface area contributed by atoms with Gasteiger partial charge in [0.15, 0.2) is 0 Å². The largest absolute Gasteiger partial charge is 0.347 e. The molecular weight excluding hydrogens is 275 g/mol. The number of halogens is 2. The highest BCUT2D eigenvalue weighted by atomic mass is 35.5. The molecule has 7 heteroatoms. The van der Waals surface area contributed by atoms with Crippen LogP contribution in [0.1, 0.15) is 43.0 Å². The normalized spacial score (nSPS) is 11.9. The number of carbonyl (C=O) groups is 1. The summed E-state index contributed by atoms with van der Waals surface area (Å²) in [6.07, 6.45) is 1.45. The van der Waals surface area contributed by atoms with E-state index in [2.05, 4.69) is 15.3 Å². The van der Waals surface area contributed by atoms with Crippen molar-refractivity contribution in [2.24, 2.45) is 5.73 Å². The zero-order valence-electron chi connectivity index (χ0n) is 10.6. The maximum atomic E-state index is 11.9. The van der Waals surface area contributed by atoms with Gasteiger partial charge in [0.2, 0.25) is 0 Å². The lowest BCUT2D eigenvalue weighted by Gasteiger charge is -2.12. The number of hydrogen-bond acceptors (Lipinski definition) is 4. The van der Waals surface area contributed by atoms with Gasteiger partial charge < -0.3 is 11.1 Å². The highest BCUT2D eigenvalue weighted by molar-refractivity contribution is 6.33. The van der Waals surface area contributed by atoms with E-state index in [4.69, 9.17) is 17.3 Å². The van der Waals surface area contributed by atoms with Gasteiger partial charge in [-0.05, 0) is 6.92 Å². The van der Waals surface area contributed by atoms with Gasteiger partial charge in [-0.25, -0.2) is 9.97 Å². The lowest BCUT2D eigenvalue weighted by atomic mass is 10.2. The standard InChI is InChI=1S/C11H17ClN4O.ClH/c1-6(2)10-14-5-8(12)9(16-10)11(17)15-7(3)4-13;/h5-7H,4,13H2,1-3H3,(H,15,17);1H/t7-;/m0./s1. The molecule has 1 aromatic rings. The molecule has 3 N–H and O–H groups in total. The molecule has 1 rings (SSSR count). The Labute approximate surface area is 118 Å². The molecule has 5 nitrogen and oxygen atoms in total. The molecule has 0 unspecified atom stereocenters. The number of nitrogens with one attached hydrogen (secondary N) is 1. The predicted molar refractivity (Wildman–Crippen MR) is 74.4 cm³/mol. The summed E-state index contributed by atoms with van der Waals surface area (Å²) in [6, 6.07) is -0.115. The summed E-state index contributed by atoms with van der Waals surface area (Å²) in [5.41, 5.74) is 5.63. The van der Waals surface area contributed by atoms with E-state index in [9.17, 15) is 4.79 Å². The highest BCUT2D eigenvalue weighted by Gasteiger charge is 2.16. The number of rotatable bonds is 4. The van der Waals surface area contributed by atoms with Crippen molar-refractivity contribution < 1.29 is 4.79 Å². The summed E-state index contributed by atoms with van der Waals surface area (Å²) in [7, 11) is 0. The number of aromatic nitrogens is 2. The summed E-state index contributed by atoms with van der Waals surface area (Å²) in [6.45, 7) is 6.09. The van der Waals surface area contributed by atoms with Gasteiger partial charge in [-0.3, -0.25) is 4.79 Å². The Morgan fingerprint density at radius 3 is 2.61 bits per heavy atom.